The fourth-order valence-electron chi connectivity index (χ4n) is 2.29. The third-order valence-electron chi connectivity index (χ3n) is 3.45. The number of aryl methyl sites for hydroxylation is 1. The molecule has 1 aromatic carbocycles. The highest BCUT2D eigenvalue weighted by atomic mass is 35.5. The highest BCUT2D eigenvalue weighted by Gasteiger charge is 2.06. The van der Waals surface area contributed by atoms with Crippen molar-refractivity contribution in [3.05, 3.63) is 64.6 Å². The van der Waals surface area contributed by atoms with Gasteiger partial charge in [-0.1, -0.05) is 23.7 Å². The fraction of sp³-hybridized carbons (Fsp3) is 0.250. The van der Waals surface area contributed by atoms with Gasteiger partial charge in [0, 0.05) is 41.6 Å². The molecule has 0 spiro atoms. The standard InChI is InChI=1S/C16H17ClN4/c1-11-6-16-19-9-13(10-21(16)20-11)8-18-12(2)14-4-3-5-15(17)7-14/h3-7,9-10,12,18H,8H2,1-2H3/t12-/m0/s1. The molecule has 4 nitrogen and oxygen atoms in total. The first-order valence-corrected chi connectivity index (χ1v) is 7.29. The van der Waals surface area contributed by atoms with E-state index in [0.29, 0.717) is 0 Å². The number of benzene rings is 1. The summed E-state index contributed by atoms with van der Waals surface area (Å²) in [5, 5.41) is 8.61. The molecule has 1 N–H and O–H groups in total. The summed E-state index contributed by atoms with van der Waals surface area (Å²) in [6, 6.07) is 10.1. The Balaban J connectivity index is 1.70. The van der Waals surface area contributed by atoms with Crippen molar-refractivity contribution in [2.45, 2.75) is 26.4 Å². The molecule has 5 heteroatoms. The molecule has 0 bridgehead atoms. The molecule has 1 atom stereocenters. The minimum atomic E-state index is 0.221. The maximum atomic E-state index is 6.02. The Kier molecular flexibility index (Phi) is 3.90. The van der Waals surface area contributed by atoms with Crippen LogP contribution in [0.4, 0.5) is 0 Å². The Bertz CT molecular complexity index is 766. The van der Waals surface area contributed by atoms with E-state index in [9.17, 15) is 0 Å². The highest BCUT2D eigenvalue weighted by molar-refractivity contribution is 6.30. The molecule has 0 aliphatic carbocycles. The molecule has 21 heavy (non-hydrogen) atoms. The Labute approximate surface area is 128 Å². The third kappa shape index (κ3) is 3.23. The van der Waals surface area contributed by atoms with Gasteiger partial charge in [0.05, 0.1) is 5.69 Å². The predicted molar refractivity (Wildman–Crippen MR) is 84.4 cm³/mol. The van der Waals surface area contributed by atoms with Crippen molar-refractivity contribution in [2.75, 3.05) is 0 Å². The van der Waals surface area contributed by atoms with Gasteiger partial charge in [-0.25, -0.2) is 9.50 Å². The summed E-state index contributed by atoms with van der Waals surface area (Å²) < 4.78 is 1.82. The minimum absolute atomic E-state index is 0.221. The van der Waals surface area contributed by atoms with Gasteiger partial charge in [-0.05, 0) is 31.5 Å². The summed E-state index contributed by atoms with van der Waals surface area (Å²) in [5.41, 5.74) is 4.12. The van der Waals surface area contributed by atoms with Gasteiger partial charge in [0.25, 0.3) is 0 Å². The van der Waals surface area contributed by atoms with Gasteiger partial charge in [-0.2, -0.15) is 5.10 Å². The monoisotopic (exact) mass is 300 g/mol. The van der Waals surface area contributed by atoms with Gasteiger partial charge in [-0.15, -0.1) is 0 Å². The van der Waals surface area contributed by atoms with Crippen LogP contribution in [0.15, 0.2) is 42.7 Å². The second kappa shape index (κ2) is 5.84. The van der Waals surface area contributed by atoms with E-state index in [-0.39, 0.29) is 6.04 Å². The van der Waals surface area contributed by atoms with E-state index in [1.807, 2.05) is 48.1 Å². The summed E-state index contributed by atoms with van der Waals surface area (Å²) in [6.07, 6.45) is 3.89. The van der Waals surface area contributed by atoms with E-state index in [4.69, 9.17) is 11.6 Å². The van der Waals surface area contributed by atoms with Crippen molar-refractivity contribution in [3.8, 4) is 0 Å². The average molecular weight is 301 g/mol. The average Bonchev–Trinajstić information content (AvgIpc) is 2.84. The molecule has 0 radical (unpaired) electrons. The van der Waals surface area contributed by atoms with Crippen LogP contribution < -0.4 is 5.32 Å². The van der Waals surface area contributed by atoms with Crippen LogP contribution in [-0.2, 0) is 6.54 Å². The first-order valence-electron chi connectivity index (χ1n) is 6.91. The number of hydrogen-bond acceptors (Lipinski definition) is 3. The van der Waals surface area contributed by atoms with Gasteiger partial charge in [0.1, 0.15) is 0 Å². The van der Waals surface area contributed by atoms with Crippen molar-refractivity contribution in [3.63, 3.8) is 0 Å². The third-order valence-corrected chi connectivity index (χ3v) is 3.69. The molecule has 3 aromatic rings. The smallest absolute Gasteiger partial charge is 0.155 e. The summed E-state index contributed by atoms with van der Waals surface area (Å²) >= 11 is 6.02. The van der Waals surface area contributed by atoms with Crippen molar-refractivity contribution in [1.82, 2.24) is 19.9 Å². The molecule has 0 saturated carbocycles. The normalized spacial score (nSPS) is 12.7. The number of nitrogens with zero attached hydrogens (tertiary/aromatic N) is 3. The molecule has 2 heterocycles. The maximum absolute atomic E-state index is 6.02. The second-order valence-corrected chi connectivity index (χ2v) is 5.64. The topological polar surface area (TPSA) is 42.2 Å². The number of rotatable bonds is 4. The second-order valence-electron chi connectivity index (χ2n) is 5.21. The molecule has 0 aliphatic rings. The molecular weight excluding hydrogens is 284 g/mol. The quantitative estimate of drug-likeness (QED) is 0.801. The molecular formula is C16H17ClN4. The van der Waals surface area contributed by atoms with Crippen LogP contribution in [0.3, 0.4) is 0 Å². The number of aromatic nitrogens is 3. The predicted octanol–water partition coefficient (Wildman–Crippen LogP) is 3.54. The summed E-state index contributed by atoms with van der Waals surface area (Å²) in [4.78, 5) is 4.41. The van der Waals surface area contributed by atoms with Crippen molar-refractivity contribution in [2.24, 2.45) is 0 Å². The number of hydrogen-bond donors (Lipinski definition) is 1. The lowest BCUT2D eigenvalue weighted by Crippen LogP contribution is -2.18. The molecule has 0 unspecified atom stereocenters. The van der Waals surface area contributed by atoms with Crippen molar-refractivity contribution >= 4 is 17.2 Å². The van der Waals surface area contributed by atoms with Crippen LogP contribution in [0.1, 0.15) is 29.8 Å². The maximum Gasteiger partial charge on any atom is 0.155 e. The van der Waals surface area contributed by atoms with Crippen LogP contribution in [-0.4, -0.2) is 14.6 Å². The molecule has 0 saturated heterocycles. The van der Waals surface area contributed by atoms with Crippen LogP contribution in [0, 0.1) is 6.92 Å². The van der Waals surface area contributed by atoms with E-state index < -0.39 is 0 Å². The molecule has 0 aliphatic heterocycles. The Morgan fingerprint density at radius 1 is 1.33 bits per heavy atom. The Morgan fingerprint density at radius 3 is 3.00 bits per heavy atom. The van der Waals surface area contributed by atoms with Crippen LogP contribution in [0.5, 0.6) is 0 Å². The van der Waals surface area contributed by atoms with Gasteiger partial charge in [0.15, 0.2) is 5.65 Å². The van der Waals surface area contributed by atoms with Crippen molar-refractivity contribution < 1.29 is 0 Å². The van der Waals surface area contributed by atoms with Crippen LogP contribution in [0.2, 0.25) is 5.02 Å². The zero-order chi connectivity index (χ0) is 14.8. The highest BCUT2D eigenvalue weighted by Crippen LogP contribution is 2.17. The summed E-state index contributed by atoms with van der Waals surface area (Å²) in [5.74, 6) is 0. The molecule has 3 rings (SSSR count). The van der Waals surface area contributed by atoms with Gasteiger partial charge in [-0.3, -0.25) is 0 Å². The van der Waals surface area contributed by atoms with E-state index >= 15 is 0 Å². The van der Waals surface area contributed by atoms with Gasteiger partial charge >= 0.3 is 0 Å². The Hall–Kier alpha value is -1.91. The SMILES string of the molecule is Cc1cc2ncc(CN[C@@H](C)c3cccc(Cl)c3)cn2n1. The van der Waals surface area contributed by atoms with Crippen LogP contribution >= 0.6 is 11.6 Å². The van der Waals surface area contributed by atoms with E-state index in [2.05, 4.69) is 28.4 Å². The lowest BCUT2D eigenvalue weighted by Gasteiger charge is -2.14. The number of nitrogens with one attached hydrogen (secondary N) is 1. The Morgan fingerprint density at radius 2 is 2.19 bits per heavy atom. The largest absolute Gasteiger partial charge is 0.306 e. The van der Waals surface area contributed by atoms with E-state index in [0.717, 1.165) is 28.5 Å². The lowest BCUT2D eigenvalue weighted by molar-refractivity contribution is 0.572. The zero-order valence-corrected chi connectivity index (χ0v) is 12.8. The summed E-state index contributed by atoms with van der Waals surface area (Å²) in [7, 11) is 0. The summed E-state index contributed by atoms with van der Waals surface area (Å²) in [6.45, 7) is 4.82. The van der Waals surface area contributed by atoms with E-state index in [1.165, 1.54) is 5.56 Å². The van der Waals surface area contributed by atoms with Crippen molar-refractivity contribution in [1.29, 1.82) is 0 Å². The van der Waals surface area contributed by atoms with Gasteiger partial charge < -0.3 is 5.32 Å². The molecule has 0 fully saturated rings. The number of halogens is 1. The lowest BCUT2D eigenvalue weighted by atomic mass is 10.1. The van der Waals surface area contributed by atoms with Gasteiger partial charge in [0.2, 0.25) is 0 Å². The zero-order valence-electron chi connectivity index (χ0n) is 12.0. The van der Waals surface area contributed by atoms with E-state index in [1.54, 1.807) is 0 Å². The number of fused-ring (bicyclic) bond motifs is 1. The molecule has 108 valence electrons. The van der Waals surface area contributed by atoms with Crippen LogP contribution in [0.25, 0.3) is 5.65 Å². The fourth-order valence-corrected chi connectivity index (χ4v) is 2.49. The first kappa shape index (κ1) is 14.0. The minimum Gasteiger partial charge on any atom is -0.306 e. The molecule has 0 amide bonds. The first-order chi connectivity index (χ1) is 10.1. The molecule has 2 aromatic heterocycles.